The van der Waals surface area contributed by atoms with Gasteiger partial charge in [0.1, 0.15) is 29.0 Å². The first-order chi connectivity index (χ1) is 14.4. The minimum atomic E-state index is -0.384. The lowest BCUT2D eigenvalue weighted by Crippen LogP contribution is -2.25. The fraction of sp³-hybridized carbons (Fsp3) is 0.211. The molecule has 0 atom stereocenters. The summed E-state index contributed by atoms with van der Waals surface area (Å²) >= 11 is 1.16. The number of carbonyl (C=O) groups excluding carboxylic acids is 2. The molecular weight excluding hydrogens is 409 g/mol. The summed E-state index contributed by atoms with van der Waals surface area (Å²) < 4.78 is 14.5. The standard InChI is InChI=1S/C19H18FN7O2S/c1-11(28)24-19-25-16(10-30-19)18(29)23-8-2-3-15-14(9-21)17(22)27(26-15)13-6-4-12(20)5-7-13/h4-7,10H,2-3,8,22H2,1H3,(H,23,29)(H,24,25,28). The van der Waals surface area contributed by atoms with Crippen LogP contribution < -0.4 is 16.4 Å². The fourth-order valence-electron chi connectivity index (χ4n) is 2.69. The van der Waals surface area contributed by atoms with E-state index in [2.05, 4.69) is 20.7 Å². The number of hydrogen-bond donors (Lipinski definition) is 3. The number of thiazole rings is 1. The van der Waals surface area contributed by atoms with Gasteiger partial charge in [0.25, 0.3) is 5.91 Å². The van der Waals surface area contributed by atoms with Gasteiger partial charge in [0.05, 0.1) is 11.4 Å². The second-order valence-corrected chi connectivity index (χ2v) is 7.14. The SMILES string of the molecule is CC(=O)Nc1nc(C(=O)NCCCc2nn(-c3ccc(F)cc3)c(N)c2C#N)cs1. The number of carbonyl (C=O) groups is 2. The maximum atomic E-state index is 13.1. The van der Waals surface area contributed by atoms with Gasteiger partial charge < -0.3 is 16.4 Å². The van der Waals surface area contributed by atoms with E-state index in [-0.39, 0.29) is 34.7 Å². The average molecular weight is 427 g/mol. The molecule has 3 rings (SSSR count). The van der Waals surface area contributed by atoms with Gasteiger partial charge in [-0.2, -0.15) is 10.4 Å². The molecular formula is C19H18FN7O2S. The first-order valence-electron chi connectivity index (χ1n) is 8.93. The predicted octanol–water partition coefficient (Wildman–Crippen LogP) is 2.24. The molecule has 0 spiro atoms. The third-order valence-electron chi connectivity index (χ3n) is 4.07. The van der Waals surface area contributed by atoms with Crippen molar-refractivity contribution in [3.05, 3.63) is 52.4 Å². The minimum absolute atomic E-state index is 0.177. The highest BCUT2D eigenvalue weighted by Crippen LogP contribution is 2.22. The summed E-state index contributed by atoms with van der Waals surface area (Å²) in [6, 6.07) is 7.66. The summed E-state index contributed by atoms with van der Waals surface area (Å²) in [5.74, 6) is -0.829. The molecule has 154 valence electrons. The van der Waals surface area contributed by atoms with E-state index >= 15 is 0 Å². The third kappa shape index (κ3) is 4.79. The molecule has 0 aliphatic rings. The summed E-state index contributed by atoms with van der Waals surface area (Å²) in [5, 5.41) is 20.9. The van der Waals surface area contributed by atoms with Gasteiger partial charge >= 0.3 is 0 Å². The van der Waals surface area contributed by atoms with Crippen molar-refractivity contribution in [2.45, 2.75) is 19.8 Å². The lowest BCUT2D eigenvalue weighted by molar-refractivity contribution is -0.114. The Kier molecular flexibility index (Phi) is 6.38. The highest BCUT2D eigenvalue weighted by molar-refractivity contribution is 7.14. The number of hydrogen-bond acceptors (Lipinski definition) is 7. The van der Waals surface area contributed by atoms with Gasteiger partial charge in [-0.1, -0.05) is 0 Å². The molecule has 9 nitrogen and oxygen atoms in total. The molecule has 2 amide bonds. The van der Waals surface area contributed by atoms with E-state index in [1.165, 1.54) is 35.9 Å². The van der Waals surface area contributed by atoms with Crippen LogP contribution in [0.15, 0.2) is 29.6 Å². The second kappa shape index (κ2) is 9.15. The number of aromatic nitrogens is 3. The lowest BCUT2D eigenvalue weighted by atomic mass is 10.1. The summed E-state index contributed by atoms with van der Waals surface area (Å²) in [6.45, 7) is 1.70. The van der Waals surface area contributed by atoms with Crippen LogP contribution in [-0.4, -0.2) is 33.1 Å². The number of nitrogens with one attached hydrogen (secondary N) is 2. The summed E-state index contributed by atoms with van der Waals surface area (Å²) in [4.78, 5) is 27.2. The molecule has 4 N–H and O–H groups in total. The maximum absolute atomic E-state index is 13.1. The van der Waals surface area contributed by atoms with Gasteiger partial charge in [-0.3, -0.25) is 9.59 Å². The van der Waals surface area contributed by atoms with Crippen LogP contribution in [0.4, 0.5) is 15.3 Å². The zero-order valence-corrected chi connectivity index (χ0v) is 16.8. The van der Waals surface area contributed by atoms with Crippen LogP contribution in [0.3, 0.4) is 0 Å². The number of rotatable bonds is 7. The topological polar surface area (TPSA) is 139 Å². The van der Waals surface area contributed by atoms with Crippen molar-refractivity contribution >= 4 is 34.1 Å². The molecule has 30 heavy (non-hydrogen) atoms. The van der Waals surface area contributed by atoms with Gasteiger partial charge in [0, 0.05) is 18.8 Å². The summed E-state index contributed by atoms with van der Waals surface area (Å²) in [5.41, 5.74) is 7.54. The average Bonchev–Trinajstić information content (AvgIpc) is 3.29. The van der Waals surface area contributed by atoms with Gasteiger partial charge in [-0.05, 0) is 37.1 Å². The molecule has 0 unspecified atom stereocenters. The Morgan fingerprint density at radius 3 is 2.73 bits per heavy atom. The summed E-state index contributed by atoms with van der Waals surface area (Å²) in [7, 11) is 0. The van der Waals surface area contributed by atoms with E-state index in [1.807, 2.05) is 6.07 Å². The molecule has 0 fully saturated rings. The Morgan fingerprint density at radius 2 is 2.07 bits per heavy atom. The highest BCUT2D eigenvalue weighted by atomic mass is 32.1. The zero-order valence-electron chi connectivity index (χ0n) is 16.0. The quantitative estimate of drug-likeness (QED) is 0.494. The number of aryl methyl sites for hydroxylation is 1. The van der Waals surface area contributed by atoms with Crippen molar-refractivity contribution < 1.29 is 14.0 Å². The van der Waals surface area contributed by atoms with Crippen molar-refractivity contribution in [3.63, 3.8) is 0 Å². The molecule has 0 bridgehead atoms. The Labute approximate surface area is 175 Å². The Balaban J connectivity index is 1.59. The Hall–Kier alpha value is -3.78. The van der Waals surface area contributed by atoms with Crippen LogP contribution in [0.2, 0.25) is 0 Å². The van der Waals surface area contributed by atoms with Crippen molar-refractivity contribution in [2.75, 3.05) is 17.6 Å². The van der Waals surface area contributed by atoms with Crippen molar-refractivity contribution in [2.24, 2.45) is 0 Å². The number of nitriles is 1. The van der Waals surface area contributed by atoms with Gasteiger partial charge in [0.15, 0.2) is 5.13 Å². The smallest absolute Gasteiger partial charge is 0.270 e. The number of benzene rings is 1. The molecule has 11 heteroatoms. The van der Waals surface area contributed by atoms with Crippen molar-refractivity contribution in [3.8, 4) is 11.8 Å². The van der Waals surface area contributed by atoms with Crippen LogP contribution in [0.1, 0.15) is 35.1 Å². The summed E-state index contributed by atoms with van der Waals surface area (Å²) in [6.07, 6.45) is 0.929. The van der Waals surface area contributed by atoms with Crippen molar-refractivity contribution in [1.82, 2.24) is 20.1 Å². The molecule has 0 radical (unpaired) electrons. The molecule has 0 aliphatic heterocycles. The van der Waals surface area contributed by atoms with E-state index in [0.29, 0.717) is 35.9 Å². The lowest BCUT2D eigenvalue weighted by Gasteiger charge is -2.03. The number of anilines is 2. The van der Waals surface area contributed by atoms with Crippen LogP contribution in [0.5, 0.6) is 0 Å². The van der Waals surface area contributed by atoms with Gasteiger partial charge in [-0.25, -0.2) is 14.1 Å². The largest absolute Gasteiger partial charge is 0.382 e. The molecule has 0 aliphatic carbocycles. The van der Waals surface area contributed by atoms with Gasteiger partial charge in [-0.15, -0.1) is 11.3 Å². The molecule has 0 saturated heterocycles. The third-order valence-corrected chi connectivity index (χ3v) is 4.83. The van der Waals surface area contributed by atoms with Crippen LogP contribution >= 0.6 is 11.3 Å². The number of nitrogens with two attached hydrogens (primary N) is 1. The van der Waals surface area contributed by atoms with Gasteiger partial charge in [0.2, 0.25) is 5.91 Å². The van der Waals surface area contributed by atoms with E-state index in [4.69, 9.17) is 5.73 Å². The molecule has 0 saturated carbocycles. The first kappa shape index (κ1) is 20.9. The number of halogens is 1. The predicted molar refractivity (Wildman–Crippen MR) is 110 cm³/mol. The molecule has 2 heterocycles. The van der Waals surface area contributed by atoms with Crippen LogP contribution in [0.25, 0.3) is 5.69 Å². The maximum Gasteiger partial charge on any atom is 0.270 e. The second-order valence-electron chi connectivity index (χ2n) is 6.29. The highest BCUT2D eigenvalue weighted by Gasteiger charge is 2.17. The van der Waals surface area contributed by atoms with E-state index in [1.54, 1.807) is 5.38 Å². The normalized spacial score (nSPS) is 10.4. The van der Waals surface area contributed by atoms with Crippen LogP contribution in [-0.2, 0) is 11.2 Å². The monoisotopic (exact) mass is 427 g/mol. The van der Waals surface area contributed by atoms with E-state index in [0.717, 1.165) is 11.3 Å². The van der Waals surface area contributed by atoms with Crippen molar-refractivity contribution in [1.29, 1.82) is 5.26 Å². The molecule has 3 aromatic rings. The molecule has 2 aromatic heterocycles. The number of nitrogen functional groups attached to an aromatic ring is 1. The number of amides is 2. The van der Waals surface area contributed by atoms with E-state index in [9.17, 15) is 19.2 Å². The zero-order chi connectivity index (χ0) is 21.7. The first-order valence-corrected chi connectivity index (χ1v) is 9.81. The van der Waals surface area contributed by atoms with Crippen LogP contribution in [0, 0.1) is 17.1 Å². The Morgan fingerprint density at radius 1 is 1.33 bits per heavy atom. The number of nitrogens with zero attached hydrogens (tertiary/aromatic N) is 4. The fourth-order valence-corrected chi connectivity index (χ4v) is 3.43. The van der Waals surface area contributed by atoms with E-state index < -0.39 is 0 Å². The minimum Gasteiger partial charge on any atom is -0.382 e. The molecule has 1 aromatic carbocycles. The Bertz CT molecular complexity index is 1120.